The van der Waals surface area contributed by atoms with E-state index in [1.165, 1.54) is 0 Å². The number of amides is 1. The van der Waals surface area contributed by atoms with Gasteiger partial charge in [-0.1, -0.05) is 6.92 Å². The molecule has 2 aromatic rings. The zero-order valence-electron chi connectivity index (χ0n) is 11.6. The van der Waals surface area contributed by atoms with Crippen molar-refractivity contribution in [1.29, 1.82) is 0 Å². The third kappa shape index (κ3) is 2.40. The number of carbonyl (C=O) groups is 1. The summed E-state index contributed by atoms with van der Waals surface area (Å²) in [6.07, 6.45) is 0. The van der Waals surface area contributed by atoms with Crippen LogP contribution >= 0.6 is 23.1 Å². The lowest BCUT2D eigenvalue weighted by Crippen LogP contribution is -2.47. The molecule has 0 radical (unpaired) electrons. The van der Waals surface area contributed by atoms with Gasteiger partial charge in [0.25, 0.3) is 5.91 Å². The Labute approximate surface area is 127 Å². The molecule has 1 fully saturated rings. The molecule has 0 aliphatic carbocycles. The van der Waals surface area contributed by atoms with Gasteiger partial charge in [-0.3, -0.25) is 4.79 Å². The quantitative estimate of drug-likeness (QED) is 0.821. The molecule has 20 heavy (non-hydrogen) atoms. The van der Waals surface area contributed by atoms with E-state index in [1.807, 2.05) is 40.9 Å². The maximum Gasteiger partial charge on any atom is 0.264 e. The van der Waals surface area contributed by atoms with Crippen molar-refractivity contribution < 1.29 is 4.79 Å². The van der Waals surface area contributed by atoms with E-state index in [9.17, 15) is 4.79 Å². The van der Waals surface area contributed by atoms with Crippen LogP contribution in [0.5, 0.6) is 0 Å². The van der Waals surface area contributed by atoms with Gasteiger partial charge in [0, 0.05) is 34.0 Å². The SMILES string of the molecule is CC1SCCN(C(=O)c2cc3cc(N)ccc3s2)C1C. The fourth-order valence-corrected chi connectivity index (χ4v) is 4.63. The van der Waals surface area contributed by atoms with Gasteiger partial charge in [0.15, 0.2) is 0 Å². The molecule has 0 saturated carbocycles. The summed E-state index contributed by atoms with van der Waals surface area (Å²) in [6, 6.07) is 8.06. The number of carbonyl (C=O) groups excluding carboxylic acids is 1. The first kappa shape index (κ1) is 13.8. The van der Waals surface area contributed by atoms with E-state index in [2.05, 4.69) is 13.8 Å². The lowest BCUT2D eigenvalue weighted by atomic mass is 10.2. The molecular weight excluding hydrogens is 288 g/mol. The first-order valence-corrected chi connectivity index (χ1v) is 8.64. The number of nitrogens with two attached hydrogens (primary N) is 1. The van der Waals surface area contributed by atoms with Gasteiger partial charge in [0.2, 0.25) is 0 Å². The van der Waals surface area contributed by atoms with Gasteiger partial charge in [0.1, 0.15) is 0 Å². The Morgan fingerprint density at radius 2 is 2.15 bits per heavy atom. The molecule has 2 heterocycles. The number of benzene rings is 1. The fraction of sp³-hybridized carbons (Fsp3) is 0.400. The molecule has 0 spiro atoms. The fourth-order valence-electron chi connectivity index (χ4n) is 2.53. The Bertz CT molecular complexity index is 652. The number of nitrogen functional groups attached to an aromatic ring is 1. The van der Waals surface area contributed by atoms with Gasteiger partial charge >= 0.3 is 0 Å². The van der Waals surface area contributed by atoms with E-state index in [0.717, 1.165) is 32.9 Å². The average molecular weight is 306 g/mol. The predicted octanol–water partition coefficient (Wildman–Crippen LogP) is 3.45. The van der Waals surface area contributed by atoms with Gasteiger partial charge < -0.3 is 10.6 Å². The van der Waals surface area contributed by atoms with Crippen molar-refractivity contribution in [3.63, 3.8) is 0 Å². The molecule has 0 bridgehead atoms. The Kier molecular flexibility index (Phi) is 3.65. The first-order chi connectivity index (χ1) is 9.56. The smallest absolute Gasteiger partial charge is 0.264 e. The molecule has 2 N–H and O–H groups in total. The summed E-state index contributed by atoms with van der Waals surface area (Å²) in [5, 5.41) is 1.56. The zero-order valence-corrected chi connectivity index (χ0v) is 13.3. The Morgan fingerprint density at radius 3 is 2.95 bits per heavy atom. The number of nitrogens with zero attached hydrogens (tertiary/aromatic N) is 1. The van der Waals surface area contributed by atoms with Gasteiger partial charge in [-0.05, 0) is 36.6 Å². The van der Waals surface area contributed by atoms with Gasteiger partial charge in [0.05, 0.1) is 4.88 Å². The summed E-state index contributed by atoms with van der Waals surface area (Å²) >= 11 is 3.50. The molecule has 1 aromatic heterocycles. The minimum atomic E-state index is 0.157. The van der Waals surface area contributed by atoms with Crippen LogP contribution in [0.1, 0.15) is 23.5 Å². The molecule has 3 nitrogen and oxygen atoms in total. The normalized spacial score (nSPS) is 23.2. The second-order valence-corrected chi connectivity index (χ2v) is 7.79. The number of thiophene rings is 1. The molecule has 3 rings (SSSR count). The van der Waals surface area contributed by atoms with Crippen LogP contribution in [-0.4, -0.2) is 34.4 Å². The minimum absolute atomic E-state index is 0.157. The summed E-state index contributed by atoms with van der Waals surface area (Å²) in [5.74, 6) is 1.18. The highest BCUT2D eigenvalue weighted by molar-refractivity contribution is 8.00. The molecule has 1 aliphatic heterocycles. The van der Waals surface area contributed by atoms with Crippen molar-refractivity contribution in [2.45, 2.75) is 25.1 Å². The number of hydrogen-bond acceptors (Lipinski definition) is 4. The number of rotatable bonds is 1. The van der Waals surface area contributed by atoms with Crippen LogP contribution in [0.3, 0.4) is 0 Å². The first-order valence-electron chi connectivity index (χ1n) is 6.78. The highest BCUT2D eigenvalue weighted by atomic mass is 32.2. The highest BCUT2D eigenvalue weighted by Crippen LogP contribution is 2.31. The van der Waals surface area contributed by atoms with Gasteiger partial charge in [-0.2, -0.15) is 11.8 Å². The summed E-state index contributed by atoms with van der Waals surface area (Å²) in [4.78, 5) is 15.5. The number of fused-ring (bicyclic) bond motifs is 1. The monoisotopic (exact) mass is 306 g/mol. The predicted molar refractivity (Wildman–Crippen MR) is 88.7 cm³/mol. The van der Waals surface area contributed by atoms with Gasteiger partial charge in [-0.15, -0.1) is 11.3 Å². The molecule has 1 amide bonds. The highest BCUT2D eigenvalue weighted by Gasteiger charge is 2.30. The van der Waals surface area contributed by atoms with Crippen LogP contribution < -0.4 is 5.73 Å². The molecule has 2 atom stereocenters. The Hall–Kier alpha value is -1.20. The van der Waals surface area contributed by atoms with E-state index in [0.29, 0.717) is 5.25 Å². The van der Waals surface area contributed by atoms with Crippen LogP contribution in [0.4, 0.5) is 5.69 Å². The van der Waals surface area contributed by atoms with Crippen molar-refractivity contribution in [3.8, 4) is 0 Å². The molecule has 1 aliphatic rings. The molecule has 1 saturated heterocycles. The standard InChI is InChI=1S/C15H18N2OS2/c1-9-10(2)19-6-5-17(9)15(18)14-8-11-7-12(16)3-4-13(11)20-14/h3-4,7-10H,5-6,16H2,1-2H3. The Balaban J connectivity index is 1.92. The molecule has 106 valence electrons. The zero-order chi connectivity index (χ0) is 14.3. The number of hydrogen-bond donors (Lipinski definition) is 1. The third-order valence-electron chi connectivity index (χ3n) is 3.90. The van der Waals surface area contributed by atoms with E-state index >= 15 is 0 Å². The third-order valence-corrected chi connectivity index (χ3v) is 6.34. The van der Waals surface area contributed by atoms with E-state index < -0.39 is 0 Å². The average Bonchev–Trinajstić information content (AvgIpc) is 2.84. The lowest BCUT2D eigenvalue weighted by molar-refractivity contribution is 0.0703. The van der Waals surface area contributed by atoms with Gasteiger partial charge in [-0.25, -0.2) is 0 Å². The van der Waals surface area contributed by atoms with Crippen LogP contribution in [0, 0.1) is 0 Å². The van der Waals surface area contributed by atoms with E-state index in [4.69, 9.17) is 5.73 Å². The van der Waals surface area contributed by atoms with Crippen LogP contribution in [0.2, 0.25) is 0 Å². The molecule has 2 unspecified atom stereocenters. The second kappa shape index (κ2) is 5.30. The van der Waals surface area contributed by atoms with Crippen molar-refractivity contribution in [2.75, 3.05) is 18.0 Å². The number of thioether (sulfide) groups is 1. The van der Waals surface area contributed by atoms with Crippen molar-refractivity contribution in [3.05, 3.63) is 29.1 Å². The topological polar surface area (TPSA) is 46.3 Å². The van der Waals surface area contributed by atoms with Crippen LogP contribution in [0.15, 0.2) is 24.3 Å². The van der Waals surface area contributed by atoms with Crippen LogP contribution in [0.25, 0.3) is 10.1 Å². The lowest BCUT2D eigenvalue weighted by Gasteiger charge is -2.37. The molecule has 1 aromatic carbocycles. The summed E-state index contributed by atoms with van der Waals surface area (Å²) in [6.45, 7) is 5.17. The molecule has 5 heteroatoms. The van der Waals surface area contributed by atoms with Crippen molar-refractivity contribution >= 4 is 44.8 Å². The van der Waals surface area contributed by atoms with E-state index in [-0.39, 0.29) is 11.9 Å². The number of anilines is 1. The van der Waals surface area contributed by atoms with Crippen molar-refractivity contribution in [1.82, 2.24) is 4.90 Å². The largest absolute Gasteiger partial charge is 0.399 e. The summed E-state index contributed by atoms with van der Waals surface area (Å²) < 4.78 is 1.12. The molecular formula is C15H18N2OS2. The maximum atomic E-state index is 12.7. The van der Waals surface area contributed by atoms with E-state index in [1.54, 1.807) is 11.3 Å². The summed E-state index contributed by atoms with van der Waals surface area (Å²) in [5.41, 5.74) is 6.54. The van der Waals surface area contributed by atoms with Crippen LogP contribution in [-0.2, 0) is 0 Å². The summed E-state index contributed by atoms with van der Waals surface area (Å²) in [7, 11) is 0. The maximum absolute atomic E-state index is 12.7. The Morgan fingerprint density at radius 1 is 1.35 bits per heavy atom. The minimum Gasteiger partial charge on any atom is -0.399 e. The van der Waals surface area contributed by atoms with Crippen molar-refractivity contribution in [2.24, 2.45) is 0 Å². The second-order valence-electron chi connectivity index (χ2n) is 5.22.